The summed E-state index contributed by atoms with van der Waals surface area (Å²) < 4.78 is 0. The van der Waals surface area contributed by atoms with Crippen molar-refractivity contribution in [1.82, 2.24) is 9.80 Å². The second-order valence-electron chi connectivity index (χ2n) is 4.96. The van der Waals surface area contributed by atoms with Crippen LogP contribution in [-0.4, -0.2) is 59.5 Å². The van der Waals surface area contributed by atoms with Crippen LogP contribution in [0.5, 0.6) is 0 Å². The van der Waals surface area contributed by atoms with Gasteiger partial charge in [-0.15, -0.1) is 0 Å². The molecule has 1 aliphatic carbocycles. The third-order valence-corrected chi connectivity index (χ3v) is 3.50. The second-order valence-corrected chi connectivity index (χ2v) is 4.96. The fraction of sp³-hybridized carbons (Fsp3) is 0.769. The van der Waals surface area contributed by atoms with Gasteiger partial charge in [-0.05, 0) is 12.8 Å². The van der Waals surface area contributed by atoms with E-state index >= 15 is 0 Å². The predicted octanol–water partition coefficient (Wildman–Crippen LogP) is 0.688. The van der Waals surface area contributed by atoms with Crippen molar-refractivity contribution in [2.75, 3.05) is 26.7 Å². The molecule has 0 radical (unpaired) electrons. The molecule has 0 aromatic heterocycles. The van der Waals surface area contributed by atoms with Crippen molar-refractivity contribution in [1.29, 1.82) is 5.26 Å². The number of nitrogens with zero attached hydrogens (tertiary/aromatic N) is 3. The van der Waals surface area contributed by atoms with Crippen LogP contribution in [0.2, 0.25) is 0 Å². The monoisotopic (exact) mass is 267 g/mol. The topological polar surface area (TPSA) is 84.6 Å². The highest BCUT2D eigenvalue weighted by Crippen LogP contribution is 2.23. The van der Waals surface area contributed by atoms with E-state index in [1.807, 2.05) is 6.07 Å². The summed E-state index contributed by atoms with van der Waals surface area (Å²) in [5.41, 5.74) is 0. The van der Waals surface area contributed by atoms with Crippen LogP contribution in [0, 0.1) is 11.3 Å². The molecule has 1 rings (SSSR count). The van der Waals surface area contributed by atoms with Crippen molar-refractivity contribution >= 4 is 11.9 Å². The van der Waals surface area contributed by atoms with E-state index in [0.717, 1.165) is 25.7 Å². The molecule has 1 amide bonds. The van der Waals surface area contributed by atoms with Gasteiger partial charge in [-0.3, -0.25) is 14.5 Å². The zero-order valence-corrected chi connectivity index (χ0v) is 11.3. The Morgan fingerprint density at radius 1 is 1.32 bits per heavy atom. The van der Waals surface area contributed by atoms with E-state index in [0.29, 0.717) is 13.0 Å². The average molecular weight is 267 g/mol. The van der Waals surface area contributed by atoms with Crippen molar-refractivity contribution in [2.45, 2.75) is 38.1 Å². The number of carboxylic acids is 1. The molecular formula is C13H21N3O3. The number of carbonyl (C=O) groups excluding carboxylic acids is 1. The summed E-state index contributed by atoms with van der Waals surface area (Å²) in [4.78, 5) is 26.1. The first-order chi connectivity index (χ1) is 9.04. The molecule has 0 unspecified atom stereocenters. The number of rotatable bonds is 7. The highest BCUT2D eigenvalue weighted by atomic mass is 16.4. The zero-order chi connectivity index (χ0) is 14.3. The second kappa shape index (κ2) is 7.74. The molecular weight excluding hydrogens is 246 g/mol. The highest BCUT2D eigenvalue weighted by Gasteiger charge is 2.26. The van der Waals surface area contributed by atoms with Gasteiger partial charge in [-0.1, -0.05) is 12.8 Å². The minimum Gasteiger partial charge on any atom is -0.480 e. The molecule has 0 heterocycles. The van der Waals surface area contributed by atoms with Crippen molar-refractivity contribution in [3.05, 3.63) is 0 Å². The quantitative estimate of drug-likeness (QED) is 0.733. The third-order valence-electron chi connectivity index (χ3n) is 3.50. The first-order valence-corrected chi connectivity index (χ1v) is 6.61. The summed E-state index contributed by atoms with van der Waals surface area (Å²) in [7, 11) is 1.65. The van der Waals surface area contributed by atoms with Crippen LogP contribution in [0.25, 0.3) is 0 Å². The minimum absolute atomic E-state index is 0.0947. The van der Waals surface area contributed by atoms with Crippen LogP contribution < -0.4 is 0 Å². The lowest BCUT2D eigenvalue weighted by molar-refractivity contribution is -0.140. The number of amides is 1. The molecule has 0 atom stereocenters. The number of hydrogen-bond donors (Lipinski definition) is 1. The summed E-state index contributed by atoms with van der Waals surface area (Å²) in [6, 6.07) is 2.19. The summed E-state index contributed by atoms with van der Waals surface area (Å²) in [5.74, 6) is -1.03. The average Bonchev–Trinajstić information content (AvgIpc) is 2.88. The molecule has 6 nitrogen and oxygen atoms in total. The fourth-order valence-corrected chi connectivity index (χ4v) is 2.39. The molecule has 0 bridgehead atoms. The van der Waals surface area contributed by atoms with E-state index < -0.39 is 5.97 Å². The lowest BCUT2D eigenvalue weighted by atomic mass is 10.2. The molecule has 1 aliphatic rings. The molecule has 0 aliphatic heterocycles. The van der Waals surface area contributed by atoms with Crippen LogP contribution >= 0.6 is 0 Å². The van der Waals surface area contributed by atoms with E-state index in [1.54, 1.807) is 11.9 Å². The first-order valence-electron chi connectivity index (χ1n) is 6.61. The summed E-state index contributed by atoms with van der Waals surface area (Å²) in [6.45, 7) is 0.419. The van der Waals surface area contributed by atoms with Gasteiger partial charge in [0.05, 0.1) is 25.6 Å². The lowest BCUT2D eigenvalue weighted by Gasteiger charge is -2.28. The maximum atomic E-state index is 12.0. The number of carboxylic acid groups (broad SMARTS) is 1. The highest BCUT2D eigenvalue weighted by molar-refractivity contribution is 5.79. The van der Waals surface area contributed by atoms with Crippen LogP contribution in [0.1, 0.15) is 32.1 Å². The number of carbonyl (C=O) groups is 2. The summed E-state index contributed by atoms with van der Waals surface area (Å²) in [5, 5.41) is 17.4. The summed E-state index contributed by atoms with van der Waals surface area (Å²) in [6.07, 6.45) is 4.41. The Bertz CT molecular complexity index is 359. The maximum absolute atomic E-state index is 12.0. The van der Waals surface area contributed by atoms with Gasteiger partial charge < -0.3 is 10.0 Å². The van der Waals surface area contributed by atoms with Gasteiger partial charge in [0.2, 0.25) is 5.91 Å². The Kier molecular flexibility index (Phi) is 6.30. The van der Waals surface area contributed by atoms with Gasteiger partial charge in [0, 0.05) is 19.6 Å². The van der Waals surface area contributed by atoms with E-state index in [4.69, 9.17) is 10.4 Å². The fourth-order valence-electron chi connectivity index (χ4n) is 2.39. The van der Waals surface area contributed by atoms with Crippen LogP contribution in [0.15, 0.2) is 0 Å². The molecule has 1 fully saturated rings. The van der Waals surface area contributed by atoms with Gasteiger partial charge in [-0.25, -0.2) is 0 Å². The number of aliphatic carboxylic acids is 1. The third kappa shape index (κ3) is 5.26. The first kappa shape index (κ1) is 15.4. The Hall–Kier alpha value is -1.61. The Morgan fingerprint density at radius 2 is 1.95 bits per heavy atom. The van der Waals surface area contributed by atoms with Crippen LogP contribution in [-0.2, 0) is 9.59 Å². The molecule has 0 aromatic rings. The molecule has 1 N–H and O–H groups in total. The number of likely N-dealkylation sites (N-methyl/N-ethyl adjacent to an activating group) is 1. The van der Waals surface area contributed by atoms with Crippen molar-refractivity contribution in [2.24, 2.45) is 0 Å². The van der Waals surface area contributed by atoms with E-state index in [1.165, 1.54) is 4.90 Å². The minimum atomic E-state index is -0.903. The molecule has 0 saturated heterocycles. The Balaban J connectivity index is 2.53. The lowest BCUT2D eigenvalue weighted by Crippen LogP contribution is -2.45. The molecule has 106 valence electrons. The SMILES string of the molecule is CN(CCC#N)C(=O)CN(CC(=O)O)C1CCCC1. The van der Waals surface area contributed by atoms with Crippen molar-refractivity contribution < 1.29 is 14.7 Å². The molecule has 19 heavy (non-hydrogen) atoms. The van der Waals surface area contributed by atoms with E-state index in [9.17, 15) is 9.59 Å². The van der Waals surface area contributed by atoms with E-state index in [2.05, 4.69) is 0 Å². The van der Waals surface area contributed by atoms with Crippen LogP contribution in [0.4, 0.5) is 0 Å². The van der Waals surface area contributed by atoms with Gasteiger partial charge >= 0.3 is 5.97 Å². The summed E-state index contributed by atoms with van der Waals surface area (Å²) >= 11 is 0. The number of hydrogen-bond acceptors (Lipinski definition) is 4. The normalized spacial score (nSPS) is 15.4. The molecule has 6 heteroatoms. The molecule has 0 aromatic carbocycles. The van der Waals surface area contributed by atoms with Crippen LogP contribution in [0.3, 0.4) is 0 Å². The largest absolute Gasteiger partial charge is 0.480 e. The van der Waals surface area contributed by atoms with Gasteiger partial charge in [0.15, 0.2) is 0 Å². The van der Waals surface area contributed by atoms with E-state index in [-0.39, 0.29) is 25.0 Å². The molecule has 0 spiro atoms. The predicted molar refractivity (Wildman–Crippen MR) is 69.3 cm³/mol. The van der Waals surface area contributed by atoms with Gasteiger partial charge in [0.25, 0.3) is 0 Å². The van der Waals surface area contributed by atoms with Gasteiger partial charge in [0.1, 0.15) is 0 Å². The van der Waals surface area contributed by atoms with Crippen molar-refractivity contribution in [3.8, 4) is 6.07 Å². The smallest absolute Gasteiger partial charge is 0.317 e. The molecule has 1 saturated carbocycles. The standard InChI is InChI=1S/C13H21N3O3/c1-15(8-4-7-14)12(17)9-16(10-13(18)19)11-5-2-3-6-11/h11H,2-6,8-10H2,1H3,(H,18,19). The Morgan fingerprint density at radius 3 is 2.47 bits per heavy atom. The number of nitriles is 1. The Labute approximate surface area is 113 Å². The van der Waals surface area contributed by atoms with Gasteiger partial charge in [-0.2, -0.15) is 5.26 Å². The zero-order valence-electron chi connectivity index (χ0n) is 11.3. The maximum Gasteiger partial charge on any atom is 0.317 e. The van der Waals surface area contributed by atoms with Crippen molar-refractivity contribution in [3.63, 3.8) is 0 Å².